The highest BCUT2D eigenvalue weighted by atomic mass is 16.5. The number of hydrogen-bond acceptors (Lipinski definition) is 9. The lowest BCUT2D eigenvalue weighted by Crippen LogP contribution is -2.41. The standard InChI is InChI=1S/C23H27N5O6/c1-14-12-17-20(25-14)24-13-28(21(17)27-32)11-10-15-4-6-16(7-5-15)22(30)26-18(23(31)34-3)8-9-19(29)33-2/h4-7,12-13,18,27,32H,8-11H2,1-3H3,(H,26,30)/t18-/m0/s1. The van der Waals surface area contributed by atoms with Crippen LogP contribution in [-0.2, 0) is 32.0 Å². The molecule has 0 saturated carbocycles. The molecule has 1 atom stereocenters. The van der Waals surface area contributed by atoms with E-state index in [0.717, 1.165) is 16.8 Å². The van der Waals surface area contributed by atoms with Gasteiger partial charge in [-0.3, -0.25) is 20.3 Å². The van der Waals surface area contributed by atoms with Gasteiger partial charge in [0, 0.05) is 24.2 Å². The average molecular weight is 469 g/mol. The van der Waals surface area contributed by atoms with E-state index in [1.807, 2.05) is 25.1 Å². The van der Waals surface area contributed by atoms with Crippen molar-refractivity contribution in [3.05, 3.63) is 53.5 Å². The van der Waals surface area contributed by atoms with Crippen LogP contribution in [-0.4, -0.2) is 57.8 Å². The number of carbonyl (C=O) groups is 3. The molecule has 0 aromatic heterocycles. The van der Waals surface area contributed by atoms with E-state index >= 15 is 0 Å². The number of nitrogens with one attached hydrogen (secondary N) is 2. The minimum absolute atomic E-state index is 0.0289. The van der Waals surface area contributed by atoms with Crippen LogP contribution < -0.4 is 10.8 Å². The van der Waals surface area contributed by atoms with E-state index in [1.54, 1.807) is 23.0 Å². The minimum Gasteiger partial charge on any atom is -0.469 e. The van der Waals surface area contributed by atoms with Crippen LogP contribution >= 0.6 is 0 Å². The summed E-state index contributed by atoms with van der Waals surface area (Å²) in [6, 6.07) is 7.81. The number of aromatic nitrogens is 3. The number of carbonyl (C=O) groups excluding carboxylic acids is 3. The molecule has 2 aliphatic heterocycles. The largest absolute Gasteiger partial charge is 0.469 e. The average Bonchev–Trinajstić information content (AvgIpc) is 3.24. The maximum absolute atomic E-state index is 12.6. The van der Waals surface area contributed by atoms with E-state index in [0.29, 0.717) is 30.2 Å². The Morgan fingerprint density at radius 2 is 1.88 bits per heavy atom. The monoisotopic (exact) mass is 469 g/mol. The second-order valence-electron chi connectivity index (χ2n) is 7.64. The molecule has 34 heavy (non-hydrogen) atoms. The smallest absolute Gasteiger partial charge is 0.328 e. The van der Waals surface area contributed by atoms with Crippen LogP contribution in [0.4, 0.5) is 5.82 Å². The van der Waals surface area contributed by atoms with Gasteiger partial charge >= 0.3 is 11.9 Å². The summed E-state index contributed by atoms with van der Waals surface area (Å²) in [6.07, 6.45) is 2.26. The number of anilines is 1. The fraction of sp³-hybridized carbons (Fsp3) is 0.348. The molecule has 11 nitrogen and oxygen atoms in total. The number of ether oxygens (including phenoxy) is 2. The van der Waals surface area contributed by atoms with Crippen LogP contribution in [0.25, 0.3) is 11.4 Å². The van der Waals surface area contributed by atoms with Gasteiger partial charge in [-0.1, -0.05) is 12.1 Å². The van der Waals surface area contributed by atoms with Crippen LogP contribution in [0.15, 0.2) is 36.7 Å². The molecule has 0 unspecified atom stereocenters. The second-order valence-corrected chi connectivity index (χ2v) is 7.64. The van der Waals surface area contributed by atoms with Gasteiger partial charge in [-0.25, -0.2) is 14.8 Å². The molecule has 2 heterocycles. The zero-order valence-corrected chi connectivity index (χ0v) is 19.2. The van der Waals surface area contributed by atoms with Crippen molar-refractivity contribution in [3.8, 4) is 11.4 Å². The molecule has 11 heteroatoms. The first kappa shape index (κ1) is 24.6. The molecule has 1 aromatic rings. The molecule has 0 spiro atoms. The number of rotatable bonds is 10. The lowest BCUT2D eigenvalue weighted by molar-refractivity contribution is -0.144. The summed E-state index contributed by atoms with van der Waals surface area (Å²) >= 11 is 0. The minimum atomic E-state index is -0.964. The van der Waals surface area contributed by atoms with E-state index < -0.39 is 23.9 Å². The first-order valence-corrected chi connectivity index (χ1v) is 10.6. The van der Waals surface area contributed by atoms with Gasteiger partial charge in [-0.05, 0) is 43.5 Å². The summed E-state index contributed by atoms with van der Waals surface area (Å²) in [4.78, 5) is 44.6. The second kappa shape index (κ2) is 11.2. The Morgan fingerprint density at radius 1 is 1.15 bits per heavy atom. The number of hydrogen-bond donors (Lipinski definition) is 3. The zero-order chi connectivity index (χ0) is 24.7. The van der Waals surface area contributed by atoms with Gasteiger partial charge in [0.15, 0.2) is 5.82 Å². The van der Waals surface area contributed by atoms with E-state index in [1.165, 1.54) is 14.2 Å². The molecule has 0 fully saturated rings. The molecular formula is C23H27N5O6. The Balaban J connectivity index is 1.64. The third-order valence-electron chi connectivity index (χ3n) is 5.36. The van der Waals surface area contributed by atoms with Crippen molar-refractivity contribution < 1.29 is 29.1 Å². The molecule has 3 rings (SSSR count). The number of amides is 1. The Labute approximate surface area is 196 Å². The van der Waals surface area contributed by atoms with Crippen LogP contribution in [0, 0.1) is 6.92 Å². The molecule has 0 saturated heterocycles. The lowest BCUT2D eigenvalue weighted by atomic mass is 10.1. The van der Waals surface area contributed by atoms with Gasteiger partial charge in [-0.15, -0.1) is 0 Å². The Kier molecular flexibility index (Phi) is 8.14. The first-order valence-electron chi connectivity index (χ1n) is 10.6. The Morgan fingerprint density at radius 3 is 2.53 bits per heavy atom. The van der Waals surface area contributed by atoms with Crippen LogP contribution in [0.1, 0.15) is 34.5 Å². The van der Waals surface area contributed by atoms with Gasteiger partial charge in [0.05, 0.1) is 26.1 Å². The Hall–Kier alpha value is -3.99. The predicted molar refractivity (Wildman–Crippen MR) is 121 cm³/mol. The van der Waals surface area contributed by atoms with Crippen molar-refractivity contribution in [3.63, 3.8) is 0 Å². The summed E-state index contributed by atoms with van der Waals surface area (Å²) in [6.45, 7) is 2.39. The van der Waals surface area contributed by atoms with Crippen molar-refractivity contribution in [2.24, 2.45) is 0 Å². The van der Waals surface area contributed by atoms with Crippen LogP contribution in [0.5, 0.6) is 0 Å². The molecule has 0 bridgehead atoms. The Bertz CT molecular complexity index is 1130. The third kappa shape index (κ3) is 5.87. The van der Waals surface area contributed by atoms with Gasteiger partial charge in [0.1, 0.15) is 11.9 Å². The number of fused-ring (bicyclic) bond motifs is 1. The zero-order valence-electron chi connectivity index (χ0n) is 19.2. The normalized spacial score (nSPS) is 11.6. The fourth-order valence-electron chi connectivity index (χ4n) is 3.51. The molecule has 1 amide bonds. The summed E-state index contributed by atoms with van der Waals surface area (Å²) in [5, 5.41) is 12.2. The van der Waals surface area contributed by atoms with Crippen molar-refractivity contribution in [2.45, 2.75) is 38.8 Å². The summed E-state index contributed by atoms with van der Waals surface area (Å²) in [5.74, 6) is -0.523. The summed E-state index contributed by atoms with van der Waals surface area (Å²) in [5.41, 5.74) is 5.08. The highest BCUT2D eigenvalue weighted by molar-refractivity contribution is 5.96. The highest BCUT2D eigenvalue weighted by Crippen LogP contribution is 2.28. The highest BCUT2D eigenvalue weighted by Gasteiger charge is 2.23. The van der Waals surface area contributed by atoms with Gasteiger partial charge in [0.25, 0.3) is 5.91 Å². The van der Waals surface area contributed by atoms with E-state index in [9.17, 15) is 19.6 Å². The molecule has 0 aliphatic carbocycles. The number of aryl methyl sites for hydroxylation is 3. The lowest BCUT2D eigenvalue weighted by Gasteiger charge is -2.16. The topological polar surface area (TPSA) is 145 Å². The van der Waals surface area contributed by atoms with Gasteiger partial charge in [-0.2, -0.15) is 0 Å². The van der Waals surface area contributed by atoms with Crippen molar-refractivity contribution in [1.82, 2.24) is 19.9 Å². The SMILES string of the molecule is COC(=O)CC[C@H](NC(=O)c1ccc(CCn2cnc3nc(C)cc-3c2NO)cc1)C(=O)OC. The molecule has 180 valence electrons. The first-order chi connectivity index (χ1) is 16.4. The van der Waals surface area contributed by atoms with Gasteiger partial charge in [0.2, 0.25) is 0 Å². The molecule has 3 N–H and O–H groups in total. The number of nitrogens with zero attached hydrogens (tertiary/aromatic N) is 3. The van der Waals surface area contributed by atoms with E-state index in [4.69, 9.17) is 4.74 Å². The summed E-state index contributed by atoms with van der Waals surface area (Å²) in [7, 11) is 2.47. The summed E-state index contributed by atoms with van der Waals surface area (Å²) < 4.78 is 11.1. The molecule has 2 aliphatic rings. The van der Waals surface area contributed by atoms with E-state index in [2.05, 4.69) is 25.5 Å². The van der Waals surface area contributed by atoms with Gasteiger partial charge < -0.3 is 19.4 Å². The fourth-order valence-corrected chi connectivity index (χ4v) is 3.51. The molecular weight excluding hydrogens is 442 g/mol. The molecule has 1 aromatic carbocycles. The maximum atomic E-state index is 12.6. The van der Waals surface area contributed by atoms with Crippen molar-refractivity contribution in [1.29, 1.82) is 0 Å². The quantitative estimate of drug-likeness (QED) is 0.300. The number of esters is 2. The van der Waals surface area contributed by atoms with E-state index in [-0.39, 0.29) is 12.8 Å². The van der Waals surface area contributed by atoms with Crippen molar-refractivity contribution in [2.75, 3.05) is 19.7 Å². The predicted octanol–water partition coefficient (Wildman–Crippen LogP) is 1.96. The third-order valence-corrected chi connectivity index (χ3v) is 5.36. The number of benzene rings is 1. The van der Waals surface area contributed by atoms with Crippen LogP contribution in [0.3, 0.4) is 0 Å². The van der Waals surface area contributed by atoms with Crippen molar-refractivity contribution >= 4 is 23.7 Å². The number of methoxy groups -OCH3 is 2. The maximum Gasteiger partial charge on any atom is 0.328 e. The molecule has 0 radical (unpaired) electrons. The van der Waals surface area contributed by atoms with Crippen LogP contribution in [0.2, 0.25) is 0 Å².